The molecule has 0 saturated carbocycles. The quantitative estimate of drug-likeness (QED) is 0.922. The van der Waals surface area contributed by atoms with E-state index in [1.807, 2.05) is 11.8 Å². The Labute approximate surface area is 121 Å². The number of thioether (sulfide) groups is 1. The molecule has 1 aliphatic heterocycles. The zero-order chi connectivity index (χ0) is 14.6. The highest BCUT2D eigenvalue weighted by atomic mass is 32.2. The van der Waals surface area contributed by atoms with Gasteiger partial charge in [-0.1, -0.05) is 6.07 Å². The molecule has 2 rings (SSSR count). The SMILES string of the molecule is CNCc1ccc(N2CCCSCC2)cc1C(F)(F)F. The van der Waals surface area contributed by atoms with Crippen LogP contribution in [0.3, 0.4) is 0 Å². The van der Waals surface area contributed by atoms with Crippen molar-refractivity contribution >= 4 is 17.4 Å². The summed E-state index contributed by atoms with van der Waals surface area (Å²) in [5.74, 6) is 2.06. The summed E-state index contributed by atoms with van der Waals surface area (Å²) in [6.45, 7) is 1.87. The maximum Gasteiger partial charge on any atom is 0.416 e. The Bertz CT molecular complexity index is 441. The van der Waals surface area contributed by atoms with Crippen LogP contribution in [0.4, 0.5) is 18.9 Å². The second kappa shape index (κ2) is 6.72. The van der Waals surface area contributed by atoms with Gasteiger partial charge in [0.1, 0.15) is 0 Å². The van der Waals surface area contributed by atoms with Crippen molar-refractivity contribution in [3.8, 4) is 0 Å². The van der Waals surface area contributed by atoms with E-state index in [-0.39, 0.29) is 6.54 Å². The van der Waals surface area contributed by atoms with Crippen LogP contribution in [0.25, 0.3) is 0 Å². The molecule has 112 valence electrons. The molecule has 20 heavy (non-hydrogen) atoms. The molecule has 0 unspecified atom stereocenters. The molecule has 0 spiro atoms. The summed E-state index contributed by atoms with van der Waals surface area (Å²) < 4.78 is 39.4. The van der Waals surface area contributed by atoms with Crippen molar-refractivity contribution in [3.63, 3.8) is 0 Å². The normalized spacial score (nSPS) is 17.1. The smallest absolute Gasteiger partial charge is 0.371 e. The molecule has 0 amide bonds. The molecule has 1 aromatic carbocycles. The fourth-order valence-corrected chi connectivity index (χ4v) is 3.26. The first kappa shape index (κ1) is 15.5. The van der Waals surface area contributed by atoms with E-state index < -0.39 is 11.7 Å². The van der Waals surface area contributed by atoms with Crippen LogP contribution in [-0.2, 0) is 12.7 Å². The standard InChI is InChI=1S/C14H19F3N2S/c1-18-10-11-3-4-12(9-13(11)14(15,16)17)19-5-2-7-20-8-6-19/h3-4,9,18H,2,5-8,10H2,1H3. The van der Waals surface area contributed by atoms with Gasteiger partial charge in [0, 0.05) is 31.1 Å². The van der Waals surface area contributed by atoms with Crippen LogP contribution in [0.1, 0.15) is 17.5 Å². The van der Waals surface area contributed by atoms with Crippen molar-refractivity contribution in [1.82, 2.24) is 5.32 Å². The van der Waals surface area contributed by atoms with E-state index in [4.69, 9.17) is 0 Å². The maximum absolute atomic E-state index is 13.1. The average molecular weight is 304 g/mol. The molecule has 2 nitrogen and oxygen atoms in total. The third kappa shape index (κ3) is 3.82. The molecule has 1 aliphatic rings. The molecule has 6 heteroatoms. The van der Waals surface area contributed by atoms with Gasteiger partial charge in [0.2, 0.25) is 0 Å². The molecule has 1 N–H and O–H groups in total. The molecule has 0 atom stereocenters. The number of alkyl halides is 3. The van der Waals surface area contributed by atoms with Crippen molar-refractivity contribution in [2.45, 2.75) is 19.1 Å². The van der Waals surface area contributed by atoms with E-state index in [0.717, 1.165) is 31.0 Å². The number of rotatable bonds is 3. The average Bonchev–Trinajstić information content (AvgIpc) is 2.67. The zero-order valence-electron chi connectivity index (χ0n) is 11.5. The van der Waals surface area contributed by atoms with E-state index in [1.165, 1.54) is 6.07 Å². The summed E-state index contributed by atoms with van der Waals surface area (Å²) in [6, 6.07) is 4.69. The molecule has 1 fully saturated rings. The maximum atomic E-state index is 13.1. The molecule has 1 aromatic rings. The van der Waals surface area contributed by atoms with Crippen LogP contribution in [0.15, 0.2) is 18.2 Å². The van der Waals surface area contributed by atoms with Crippen molar-refractivity contribution in [2.75, 3.05) is 36.5 Å². The summed E-state index contributed by atoms with van der Waals surface area (Å²) in [5, 5.41) is 2.79. The third-order valence-electron chi connectivity index (χ3n) is 3.35. The molecular formula is C14H19F3N2S. The summed E-state index contributed by atoms with van der Waals surface area (Å²) in [7, 11) is 1.65. The highest BCUT2D eigenvalue weighted by Crippen LogP contribution is 2.35. The Morgan fingerprint density at radius 3 is 2.75 bits per heavy atom. The monoisotopic (exact) mass is 304 g/mol. The number of halogens is 3. The van der Waals surface area contributed by atoms with Crippen LogP contribution in [0.5, 0.6) is 0 Å². The first-order chi connectivity index (χ1) is 9.52. The van der Waals surface area contributed by atoms with E-state index >= 15 is 0 Å². The van der Waals surface area contributed by atoms with Crippen LogP contribution in [0.2, 0.25) is 0 Å². The van der Waals surface area contributed by atoms with Crippen molar-refractivity contribution < 1.29 is 13.2 Å². The number of hydrogen-bond acceptors (Lipinski definition) is 3. The highest BCUT2D eigenvalue weighted by molar-refractivity contribution is 7.99. The van der Waals surface area contributed by atoms with Gasteiger partial charge < -0.3 is 10.2 Å². The van der Waals surface area contributed by atoms with E-state index in [2.05, 4.69) is 10.2 Å². The van der Waals surface area contributed by atoms with Gasteiger partial charge in [-0.3, -0.25) is 0 Å². The van der Waals surface area contributed by atoms with Crippen molar-refractivity contribution in [3.05, 3.63) is 29.3 Å². The molecule has 0 bridgehead atoms. The third-order valence-corrected chi connectivity index (χ3v) is 4.40. The lowest BCUT2D eigenvalue weighted by molar-refractivity contribution is -0.138. The number of nitrogens with zero attached hydrogens (tertiary/aromatic N) is 1. The predicted octanol–water partition coefficient (Wildman–Crippen LogP) is 3.37. The number of nitrogens with one attached hydrogen (secondary N) is 1. The summed E-state index contributed by atoms with van der Waals surface area (Å²) in [6.07, 6.45) is -3.28. The van der Waals surface area contributed by atoms with Gasteiger partial charge in [-0.15, -0.1) is 0 Å². The fraction of sp³-hybridized carbons (Fsp3) is 0.571. The van der Waals surface area contributed by atoms with Crippen molar-refractivity contribution in [1.29, 1.82) is 0 Å². The summed E-state index contributed by atoms with van der Waals surface area (Å²) in [5.41, 5.74) is 0.453. The zero-order valence-corrected chi connectivity index (χ0v) is 12.3. The molecule has 0 aliphatic carbocycles. The molecule has 1 heterocycles. The largest absolute Gasteiger partial charge is 0.416 e. The Morgan fingerprint density at radius 1 is 1.25 bits per heavy atom. The minimum atomic E-state index is -4.30. The molecule has 1 saturated heterocycles. The van der Waals surface area contributed by atoms with E-state index in [1.54, 1.807) is 19.2 Å². The number of benzene rings is 1. The van der Waals surface area contributed by atoms with Gasteiger partial charge in [-0.25, -0.2) is 0 Å². The van der Waals surface area contributed by atoms with Gasteiger partial charge in [-0.05, 0) is 36.9 Å². The Hall–Kier alpha value is -0.880. The lowest BCUT2D eigenvalue weighted by atomic mass is 10.1. The fourth-order valence-electron chi connectivity index (χ4n) is 2.37. The molecule has 0 aromatic heterocycles. The molecule has 0 radical (unpaired) electrons. The van der Waals surface area contributed by atoms with E-state index in [9.17, 15) is 13.2 Å². The van der Waals surface area contributed by atoms with Gasteiger partial charge in [0.15, 0.2) is 0 Å². The van der Waals surface area contributed by atoms with Gasteiger partial charge >= 0.3 is 6.18 Å². The van der Waals surface area contributed by atoms with Gasteiger partial charge in [-0.2, -0.15) is 24.9 Å². The Balaban J connectivity index is 2.30. The lowest BCUT2D eigenvalue weighted by Crippen LogP contribution is -2.26. The topological polar surface area (TPSA) is 15.3 Å². The van der Waals surface area contributed by atoms with Crippen LogP contribution in [-0.4, -0.2) is 31.6 Å². The van der Waals surface area contributed by atoms with Gasteiger partial charge in [0.25, 0.3) is 0 Å². The summed E-state index contributed by atoms with van der Waals surface area (Å²) in [4.78, 5) is 2.05. The molecular weight excluding hydrogens is 285 g/mol. The predicted molar refractivity (Wildman–Crippen MR) is 78.4 cm³/mol. The number of anilines is 1. The second-order valence-electron chi connectivity index (χ2n) is 4.82. The lowest BCUT2D eigenvalue weighted by Gasteiger charge is -2.24. The van der Waals surface area contributed by atoms with Crippen molar-refractivity contribution in [2.24, 2.45) is 0 Å². The minimum Gasteiger partial charge on any atom is -0.371 e. The van der Waals surface area contributed by atoms with Gasteiger partial charge in [0.05, 0.1) is 5.56 Å². The second-order valence-corrected chi connectivity index (χ2v) is 6.05. The first-order valence-corrected chi connectivity index (χ1v) is 7.85. The van der Waals surface area contributed by atoms with Crippen LogP contribution in [0, 0.1) is 0 Å². The summed E-state index contributed by atoms with van der Waals surface area (Å²) >= 11 is 1.86. The minimum absolute atomic E-state index is 0.227. The Morgan fingerprint density at radius 2 is 2.05 bits per heavy atom. The van der Waals surface area contributed by atoms with Crippen LogP contribution >= 0.6 is 11.8 Å². The Kier molecular flexibility index (Phi) is 5.21. The van der Waals surface area contributed by atoms with Crippen LogP contribution < -0.4 is 10.2 Å². The number of hydrogen-bond donors (Lipinski definition) is 1. The van der Waals surface area contributed by atoms with E-state index in [0.29, 0.717) is 11.3 Å². The first-order valence-electron chi connectivity index (χ1n) is 6.70. The highest BCUT2D eigenvalue weighted by Gasteiger charge is 2.33.